The number of nitrogens with zero attached hydrogens (tertiary/aromatic N) is 1. The van der Waals surface area contributed by atoms with Crippen LogP contribution in [0.3, 0.4) is 0 Å². The summed E-state index contributed by atoms with van der Waals surface area (Å²) in [6, 6.07) is 0. The zero-order valence-corrected chi connectivity index (χ0v) is 15.5. The third-order valence-corrected chi connectivity index (χ3v) is 4.38. The van der Waals surface area contributed by atoms with E-state index in [9.17, 15) is 4.79 Å². The Balaban J connectivity index is 3.26. The fourth-order valence-corrected chi connectivity index (χ4v) is 2.74. The molecule has 0 unspecified atom stereocenters. The Hall–Kier alpha value is -0.570. The van der Waals surface area contributed by atoms with Crippen molar-refractivity contribution in [1.82, 2.24) is 10.2 Å². The van der Waals surface area contributed by atoms with E-state index in [1.54, 1.807) is 0 Å². The Labute approximate surface area is 139 Å². The van der Waals surface area contributed by atoms with Crippen LogP contribution in [0.2, 0.25) is 0 Å². The molecular formula is C19H40N2O. The van der Waals surface area contributed by atoms with Gasteiger partial charge in [0.1, 0.15) is 0 Å². The Morgan fingerprint density at radius 1 is 0.773 bits per heavy atom. The minimum atomic E-state index is 0.244. The van der Waals surface area contributed by atoms with Crippen LogP contribution in [0.15, 0.2) is 0 Å². The van der Waals surface area contributed by atoms with Crippen molar-refractivity contribution in [2.45, 2.75) is 91.4 Å². The molecule has 1 amide bonds. The van der Waals surface area contributed by atoms with E-state index in [2.05, 4.69) is 31.0 Å². The van der Waals surface area contributed by atoms with E-state index in [0.29, 0.717) is 6.42 Å². The largest absolute Gasteiger partial charge is 0.356 e. The van der Waals surface area contributed by atoms with Gasteiger partial charge >= 0.3 is 0 Å². The molecule has 0 aromatic heterocycles. The number of hydrogen-bond donors (Lipinski definition) is 1. The molecule has 0 fully saturated rings. The topological polar surface area (TPSA) is 32.3 Å². The van der Waals surface area contributed by atoms with Gasteiger partial charge in [0.15, 0.2) is 0 Å². The van der Waals surface area contributed by atoms with Crippen molar-refractivity contribution < 1.29 is 4.79 Å². The Morgan fingerprint density at radius 3 is 1.95 bits per heavy atom. The third kappa shape index (κ3) is 14.4. The highest BCUT2D eigenvalue weighted by Crippen LogP contribution is 2.09. The lowest BCUT2D eigenvalue weighted by Gasteiger charge is -2.17. The molecule has 0 saturated heterocycles. The van der Waals surface area contributed by atoms with Gasteiger partial charge in [-0.3, -0.25) is 4.79 Å². The summed E-state index contributed by atoms with van der Waals surface area (Å²) < 4.78 is 0. The van der Waals surface area contributed by atoms with Crippen LogP contribution < -0.4 is 5.32 Å². The van der Waals surface area contributed by atoms with Crippen molar-refractivity contribution in [2.75, 3.05) is 26.2 Å². The molecule has 0 aliphatic heterocycles. The first kappa shape index (κ1) is 21.4. The summed E-state index contributed by atoms with van der Waals surface area (Å²) in [5, 5.41) is 3.05. The maximum Gasteiger partial charge on any atom is 0.219 e. The normalized spacial score (nSPS) is 11.1. The Morgan fingerprint density at radius 2 is 1.36 bits per heavy atom. The fraction of sp³-hybridized carbons (Fsp3) is 0.947. The maximum atomic E-state index is 11.7. The van der Waals surface area contributed by atoms with E-state index in [0.717, 1.165) is 39.0 Å². The second kappa shape index (κ2) is 16.8. The van der Waals surface area contributed by atoms with Crippen molar-refractivity contribution in [3.8, 4) is 0 Å². The number of nitrogens with one attached hydrogen (secondary N) is 1. The predicted molar refractivity (Wildman–Crippen MR) is 97.3 cm³/mol. The van der Waals surface area contributed by atoms with E-state index in [1.807, 2.05) is 0 Å². The quantitative estimate of drug-likeness (QED) is 0.417. The van der Waals surface area contributed by atoms with Crippen LogP contribution in [-0.4, -0.2) is 37.0 Å². The molecule has 0 atom stereocenters. The fourth-order valence-electron chi connectivity index (χ4n) is 2.74. The first-order valence-corrected chi connectivity index (χ1v) is 9.73. The number of unbranched alkanes of at least 4 members (excludes halogenated alkanes) is 8. The van der Waals surface area contributed by atoms with Gasteiger partial charge < -0.3 is 10.2 Å². The molecule has 0 spiro atoms. The smallest absolute Gasteiger partial charge is 0.219 e. The van der Waals surface area contributed by atoms with Crippen molar-refractivity contribution in [1.29, 1.82) is 0 Å². The standard InChI is InChI=1S/C19H40N2O/c1-4-7-8-9-10-11-12-13-16-19(22)20-17-14-15-18-21(5-2)6-3/h4-18H2,1-3H3,(H,20,22). The van der Waals surface area contributed by atoms with Crippen LogP contribution in [0.1, 0.15) is 91.4 Å². The van der Waals surface area contributed by atoms with Crippen molar-refractivity contribution in [2.24, 2.45) is 0 Å². The maximum absolute atomic E-state index is 11.7. The van der Waals surface area contributed by atoms with Crippen LogP contribution in [0, 0.1) is 0 Å². The summed E-state index contributed by atoms with van der Waals surface area (Å²) in [5.41, 5.74) is 0. The molecule has 0 aromatic rings. The molecular weight excluding hydrogens is 272 g/mol. The van der Waals surface area contributed by atoms with E-state index in [1.165, 1.54) is 51.4 Å². The molecule has 1 N–H and O–H groups in total. The van der Waals surface area contributed by atoms with E-state index < -0.39 is 0 Å². The Bertz CT molecular complexity index is 240. The van der Waals surface area contributed by atoms with Crippen LogP contribution >= 0.6 is 0 Å². The molecule has 0 rings (SSSR count). The van der Waals surface area contributed by atoms with E-state index in [-0.39, 0.29) is 5.91 Å². The van der Waals surface area contributed by atoms with Crippen LogP contribution in [0.5, 0.6) is 0 Å². The van der Waals surface area contributed by atoms with Crippen molar-refractivity contribution in [3.05, 3.63) is 0 Å². The van der Waals surface area contributed by atoms with Gasteiger partial charge in [-0.15, -0.1) is 0 Å². The van der Waals surface area contributed by atoms with Crippen molar-refractivity contribution in [3.63, 3.8) is 0 Å². The highest BCUT2D eigenvalue weighted by atomic mass is 16.1. The van der Waals surface area contributed by atoms with Crippen LogP contribution in [0.4, 0.5) is 0 Å². The van der Waals surface area contributed by atoms with Gasteiger partial charge in [0.05, 0.1) is 0 Å². The van der Waals surface area contributed by atoms with E-state index in [4.69, 9.17) is 0 Å². The van der Waals surface area contributed by atoms with Crippen molar-refractivity contribution >= 4 is 5.91 Å². The summed E-state index contributed by atoms with van der Waals surface area (Å²) in [4.78, 5) is 14.1. The summed E-state index contributed by atoms with van der Waals surface area (Å²) in [6.45, 7) is 10.9. The molecule has 132 valence electrons. The summed E-state index contributed by atoms with van der Waals surface area (Å²) in [6.07, 6.45) is 13.3. The second-order valence-corrected chi connectivity index (χ2v) is 6.31. The number of rotatable bonds is 16. The molecule has 22 heavy (non-hydrogen) atoms. The zero-order valence-electron chi connectivity index (χ0n) is 15.5. The summed E-state index contributed by atoms with van der Waals surface area (Å²) in [7, 11) is 0. The molecule has 0 radical (unpaired) electrons. The molecule has 0 bridgehead atoms. The minimum absolute atomic E-state index is 0.244. The van der Waals surface area contributed by atoms with Gasteiger partial charge in [-0.1, -0.05) is 65.7 Å². The van der Waals surface area contributed by atoms with Crippen LogP contribution in [-0.2, 0) is 4.79 Å². The second-order valence-electron chi connectivity index (χ2n) is 6.31. The highest BCUT2D eigenvalue weighted by molar-refractivity contribution is 5.75. The van der Waals surface area contributed by atoms with Crippen LogP contribution in [0.25, 0.3) is 0 Å². The molecule has 0 saturated carbocycles. The molecule has 3 nitrogen and oxygen atoms in total. The van der Waals surface area contributed by atoms with E-state index >= 15 is 0 Å². The SMILES string of the molecule is CCCCCCCCCCC(=O)NCCCCN(CC)CC. The van der Waals surface area contributed by atoms with Gasteiger partial charge in [0.2, 0.25) is 5.91 Å². The highest BCUT2D eigenvalue weighted by Gasteiger charge is 2.01. The molecule has 0 aliphatic carbocycles. The van der Waals surface area contributed by atoms with Gasteiger partial charge in [-0.2, -0.15) is 0 Å². The third-order valence-electron chi connectivity index (χ3n) is 4.38. The van der Waals surface area contributed by atoms with Gasteiger partial charge in [0.25, 0.3) is 0 Å². The first-order chi connectivity index (χ1) is 10.7. The predicted octanol–water partition coefficient (Wildman–Crippen LogP) is 4.76. The first-order valence-electron chi connectivity index (χ1n) is 9.73. The summed E-state index contributed by atoms with van der Waals surface area (Å²) in [5.74, 6) is 0.244. The monoisotopic (exact) mass is 312 g/mol. The van der Waals surface area contributed by atoms with Gasteiger partial charge in [-0.25, -0.2) is 0 Å². The number of carbonyl (C=O) groups excluding carboxylic acids is 1. The zero-order chi connectivity index (χ0) is 16.5. The lowest BCUT2D eigenvalue weighted by Crippen LogP contribution is -2.27. The number of amides is 1. The summed E-state index contributed by atoms with van der Waals surface area (Å²) >= 11 is 0. The average molecular weight is 313 g/mol. The average Bonchev–Trinajstić information content (AvgIpc) is 2.53. The molecule has 0 aliphatic rings. The van der Waals surface area contributed by atoms with Gasteiger partial charge in [-0.05, 0) is 38.9 Å². The number of carbonyl (C=O) groups is 1. The molecule has 3 heteroatoms. The lowest BCUT2D eigenvalue weighted by atomic mass is 10.1. The van der Waals surface area contributed by atoms with Gasteiger partial charge in [0, 0.05) is 13.0 Å². The molecule has 0 heterocycles. The number of hydrogen-bond acceptors (Lipinski definition) is 2. The minimum Gasteiger partial charge on any atom is -0.356 e. The molecule has 0 aromatic carbocycles. The Kier molecular flexibility index (Phi) is 16.4. The lowest BCUT2D eigenvalue weighted by molar-refractivity contribution is -0.121.